The molecule has 0 bridgehead atoms. The molecule has 2 rings (SSSR count). The number of ether oxygens (including phenoxy) is 3. The van der Waals surface area contributed by atoms with Gasteiger partial charge in [-0.15, -0.1) is 24.0 Å². The molecular formula is C20H34IN3O3. The summed E-state index contributed by atoms with van der Waals surface area (Å²) in [6.45, 7) is 10.4. The Kier molecular flexibility index (Phi) is 9.49. The minimum Gasteiger partial charge on any atom is -0.493 e. The lowest BCUT2D eigenvalue weighted by molar-refractivity contribution is 0.322. The Hall–Kier alpha value is -1.38. The molecule has 27 heavy (non-hydrogen) atoms. The zero-order valence-corrected chi connectivity index (χ0v) is 19.8. The number of guanidine groups is 1. The molecule has 1 saturated heterocycles. The molecular weight excluding hydrogens is 457 g/mol. The van der Waals surface area contributed by atoms with Crippen LogP contribution in [0, 0.1) is 5.41 Å². The zero-order chi connectivity index (χ0) is 19.2. The maximum atomic E-state index is 5.56. The molecule has 0 radical (unpaired) electrons. The maximum absolute atomic E-state index is 5.56. The molecule has 0 saturated carbocycles. The molecule has 0 unspecified atom stereocenters. The van der Waals surface area contributed by atoms with Gasteiger partial charge < -0.3 is 24.4 Å². The molecule has 0 aliphatic carbocycles. The van der Waals surface area contributed by atoms with E-state index in [1.54, 1.807) is 21.3 Å². The van der Waals surface area contributed by atoms with Crippen molar-refractivity contribution in [1.29, 1.82) is 0 Å². The van der Waals surface area contributed by atoms with Crippen LogP contribution in [-0.2, 0) is 6.42 Å². The van der Waals surface area contributed by atoms with Crippen molar-refractivity contribution in [1.82, 2.24) is 10.2 Å². The molecule has 1 heterocycles. The topological polar surface area (TPSA) is 55.3 Å². The van der Waals surface area contributed by atoms with Gasteiger partial charge in [-0.1, -0.05) is 19.9 Å². The Morgan fingerprint density at radius 1 is 1.15 bits per heavy atom. The van der Waals surface area contributed by atoms with Crippen LogP contribution in [0.15, 0.2) is 17.1 Å². The largest absolute Gasteiger partial charge is 0.493 e. The summed E-state index contributed by atoms with van der Waals surface area (Å²) >= 11 is 0. The van der Waals surface area contributed by atoms with Gasteiger partial charge in [0, 0.05) is 31.7 Å². The molecule has 1 aliphatic rings. The molecule has 1 aromatic carbocycles. The van der Waals surface area contributed by atoms with E-state index in [4.69, 9.17) is 19.2 Å². The summed E-state index contributed by atoms with van der Waals surface area (Å²) in [4.78, 5) is 7.19. The van der Waals surface area contributed by atoms with E-state index in [1.165, 1.54) is 6.42 Å². The van der Waals surface area contributed by atoms with Gasteiger partial charge in [-0.2, -0.15) is 0 Å². The Bertz CT molecular complexity index is 635. The smallest absolute Gasteiger partial charge is 0.203 e. The highest BCUT2D eigenvalue weighted by Gasteiger charge is 2.30. The minimum absolute atomic E-state index is 0. The van der Waals surface area contributed by atoms with Crippen LogP contribution in [0.25, 0.3) is 0 Å². The van der Waals surface area contributed by atoms with Gasteiger partial charge in [0.25, 0.3) is 0 Å². The van der Waals surface area contributed by atoms with E-state index in [2.05, 4.69) is 31.0 Å². The van der Waals surface area contributed by atoms with Gasteiger partial charge in [-0.3, -0.25) is 4.99 Å². The van der Waals surface area contributed by atoms with Crippen LogP contribution in [0.3, 0.4) is 0 Å². The lowest BCUT2D eigenvalue weighted by atomic mass is 9.93. The van der Waals surface area contributed by atoms with Crippen molar-refractivity contribution in [2.75, 3.05) is 47.5 Å². The third kappa shape index (κ3) is 6.05. The summed E-state index contributed by atoms with van der Waals surface area (Å²) in [7, 11) is 4.91. The van der Waals surface area contributed by atoms with E-state index in [-0.39, 0.29) is 24.0 Å². The standard InChI is InChI=1S/C20H33N3O3.HI/c1-7-21-19(23-13-11-20(2,3)14-23)22-12-10-15-8-9-16(24-4)18(26-6)17(15)25-5;/h8-9H,7,10-14H2,1-6H3,(H,21,22);1H. The Balaban J connectivity index is 0.00000364. The average Bonchev–Trinajstić information content (AvgIpc) is 2.99. The minimum atomic E-state index is 0. The zero-order valence-electron chi connectivity index (χ0n) is 17.4. The molecule has 1 aromatic rings. The molecule has 154 valence electrons. The first-order chi connectivity index (χ1) is 12.5. The summed E-state index contributed by atoms with van der Waals surface area (Å²) in [5, 5.41) is 3.42. The maximum Gasteiger partial charge on any atom is 0.203 e. The summed E-state index contributed by atoms with van der Waals surface area (Å²) in [6.07, 6.45) is 1.97. The van der Waals surface area contributed by atoms with Crippen LogP contribution < -0.4 is 19.5 Å². The van der Waals surface area contributed by atoms with Crippen molar-refractivity contribution < 1.29 is 14.2 Å². The van der Waals surface area contributed by atoms with Crippen LogP contribution in [0.5, 0.6) is 17.2 Å². The molecule has 6 nitrogen and oxygen atoms in total. The number of hydrogen-bond acceptors (Lipinski definition) is 4. The number of aliphatic imine (C=N–C) groups is 1. The predicted molar refractivity (Wildman–Crippen MR) is 121 cm³/mol. The van der Waals surface area contributed by atoms with Gasteiger partial charge in [-0.05, 0) is 31.2 Å². The summed E-state index contributed by atoms with van der Waals surface area (Å²) in [5.41, 5.74) is 1.41. The monoisotopic (exact) mass is 491 g/mol. The van der Waals surface area contributed by atoms with Crippen LogP contribution in [-0.4, -0.2) is 58.4 Å². The molecule has 7 heteroatoms. The number of hydrogen-bond donors (Lipinski definition) is 1. The van der Waals surface area contributed by atoms with Crippen LogP contribution in [0.4, 0.5) is 0 Å². The first-order valence-electron chi connectivity index (χ1n) is 9.27. The van der Waals surface area contributed by atoms with Crippen molar-refractivity contribution in [3.63, 3.8) is 0 Å². The second-order valence-electron chi connectivity index (χ2n) is 7.31. The van der Waals surface area contributed by atoms with Crippen LogP contribution >= 0.6 is 24.0 Å². The van der Waals surface area contributed by atoms with Crippen molar-refractivity contribution in [2.24, 2.45) is 10.4 Å². The predicted octanol–water partition coefficient (Wildman–Crippen LogP) is 3.57. The van der Waals surface area contributed by atoms with Gasteiger partial charge in [0.15, 0.2) is 17.5 Å². The van der Waals surface area contributed by atoms with Gasteiger partial charge in [0.05, 0.1) is 21.3 Å². The average molecular weight is 491 g/mol. The third-order valence-electron chi connectivity index (χ3n) is 4.74. The van der Waals surface area contributed by atoms with E-state index in [0.717, 1.165) is 37.6 Å². The Labute approximate surface area is 180 Å². The lowest BCUT2D eigenvalue weighted by Gasteiger charge is -2.23. The van der Waals surface area contributed by atoms with E-state index in [0.29, 0.717) is 29.2 Å². The lowest BCUT2D eigenvalue weighted by Crippen LogP contribution is -2.40. The number of rotatable bonds is 7. The molecule has 1 fully saturated rings. The fourth-order valence-corrected chi connectivity index (χ4v) is 3.36. The van der Waals surface area contributed by atoms with Crippen LogP contribution in [0.2, 0.25) is 0 Å². The highest BCUT2D eigenvalue weighted by atomic mass is 127. The van der Waals surface area contributed by atoms with Gasteiger partial charge in [0.1, 0.15) is 0 Å². The Morgan fingerprint density at radius 2 is 1.85 bits per heavy atom. The van der Waals surface area contributed by atoms with Crippen molar-refractivity contribution in [3.8, 4) is 17.2 Å². The van der Waals surface area contributed by atoms with E-state index < -0.39 is 0 Å². The number of halogens is 1. The molecule has 0 amide bonds. The van der Waals surface area contributed by atoms with Crippen LogP contribution in [0.1, 0.15) is 32.8 Å². The number of nitrogens with zero attached hydrogens (tertiary/aromatic N) is 2. The number of benzene rings is 1. The second-order valence-corrected chi connectivity index (χ2v) is 7.31. The fourth-order valence-electron chi connectivity index (χ4n) is 3.36. The van der Waals surface area contributed by atoms with Gasteiger partial charge in [-0.25, -0.2) is 0 Å². The van der Waals surface area contributed by atoms with Gasteiger partial charge >= 0.3 is 0 Å². The Morgan fingerprint density at radius 3 is 2.37 bits per heavy atom. The van der Waals surface area contributed by atoms with Gasteiger partial charge in [0.2, 0.25) is 5.75 Å². The summed E-state index contributed by atoms with van der Waals surface area (Å²) < 4.78 is 16.4. The second kappa shape index (κ2) is 10.8. The first kappa shape index (κ1) is 23.7. The third-order valence-corrected chi connectivity index (χ3v) is 4.74. The summed E-state index contributed by atoms with van der Waals surface area (Å²) in [5.74, 6) is 3.01. The number of methoxy groups -OCH3 is 3. The van der Waals surface area contributed by atoms with E-state index in [1.807, 2.05) is 12.1 Å². The van der Waals surface area contributed by atoms with Crippen molar-refractivity contribution in [2.45, 2.75) is 33.6 Å². The molecule has 1 N–H and O–H groups in total. The molecule has 0 spiro atoms. The highest BCUT2D eigenvalue weighted by molar-refractivity contribution is 14.0. The van der Waals surface area contributed by atoms with Crippen molar-refractivity contribution in [3.05, 3.63) is 17.7 Å². The van der Waals surface area contributed by atoms with E-state index in [9.17, 15) is 0 Å². The van der Waals surface area contributed by atoms with Crippen molar-refractivity contribution >= 4 is 29.9 Å². The number of nitrogens with one attached hydrogen (secondary N) is 1. The molecule has 0 aromatic heterocycles. The van der Waals surface area contributed by atoms with E-state index >= 15 is 0 Å². The highest BCUT2D eigenvalue weighted by Crippen LogP contribution is 2.39. The number of likely N-dealkylation sites (tertiary alicyclic amines) is 1. The normalized spacial score (nSPS) is 15.9. The fraction of sp³-hybridized carbons (Fsp3) is 0.650. The first-order valence-corrected chi connectivity index (χ1v) is 9.27. The SMILES string of the molecule is CCNC(=NCCc1ccc(OC)c(OC)c1OC)N1CCC(C)(C)C1.I. The quantitative estimate of drug-likeness (QED) is 0.359. The summed E-state index contributed by atoms with van der Waals surface area (Å²) in [6, 6.07) is 3.93. The molecule has 1 aliphatic heterocycles. The molecule has 0 atom stereocenters.